The quantitative estimate of drug-likeness (QED) is 0.706. The lowest BCUT2D eigenvalue weighted by atomic mass is 10.3. The summed E-state index contributed by atoms with van der Waals surface area (Å²) in [7, 11) is 1.55. The van der Waals surface area contributed by atoms with Gasteiger partial charge in [0, 0.05) is 12.6 Å². The average molecular weight is 165 g/mol. The van der Waals surface area contributed by atoms with Crippen molar-refractivity contribution in [2.75, 3.05) is 13.7 Å². The van der Waals surface area contributed by atoms with E-state index in [0.717, 1.165) is 5.69 Å². The summed E-state index contributed by atoms with van der Waals surface area (Å²) in [5.74, 6) is 0.514. The Morgan fingerprint density at radius 2 is 2.33 bits per heavy atom. The molecule has 0 fully saturated rings. The molecular weight excluding hydrogens is 154 g/mol. The molecule has 4 nitrogen and oxygen atoms in total. The Kier molecular flexibility index (Phi) is 3.22. The van der Waals surface area contributed by atoms with Crippen molar-refractivity contribution < 1.29 is 4.74 Å². The van der Waals surface area contributed by atoms with E-state index < -0.39 is 0 Å². The van der Waals surface area contributed by atoms with Crippen LogP contribution in [0.3, 0.4) is 0 Å². The number of rotatable bonds is 3. The molecule has 1 heterocycles. The minimum absolute atomic E-state index is 0.508. The van der Waals surface area contributed by atoms with Gasteiger partial charge in [0.15, 0.2) is 0 Å². The monoisotopic (exact) mass is 165 g/mol. The number of nitrogens with two attached hydrogens (primary N) is 1. The van der Waals surface area contributed by atoms with E-state index in [1.807, 2.05) is 18.2 Å². The Hall–Kier alpha value is -1.42. The second kappa shape index (κ2) is 4.46. The molecule has 0 bridgehead atoms. The highest BCUT2D eigenvalue weighted by molar-refractivity contribution is 5.43. The van der Waals surface area contributed by atoms with Crippen LogP contribution in [0.2, 0.25) is 0 Å². The average Bonchev–Trinajstić information content (AvgIpc) is 2.15. The van der Waals surface area contributed by atoms with Gasteiger partial charge in [-0.05, 0) is 12.1 Å². The molecule has 0 spiro atoms. The van der Waals surface area contributed by atoms with Crippen LogP contribution in [0.25, 0.3) is 6.08 Å². The zero-order valence-corrected chi connectivity index (χ0v) is 6.90. The molecule has 0 saturated carbocycles. The number of nitrogens with zero attached hydrogens (tertiary/aromatic N) is 2. The van der Waals surface area contributed by atoms with E-state index in [1.54, 1.807) is 13.2 Å². The Morgan fingerprint density at radius 1 is 1.50 bits per heavy atom. The minimum Gasteiger partial charge on any atom is -0.480 e. The Labute approximate surface area is 71.1 Å². The van der Waals surface area contributed by atoms with Crippen molar-refractivity contribution in [3.05, 3.63) is 23.9 Å². The van der Waals surface area contributed by atoms with Gasteiger partial charge in [0.05, 0.1) is 12.8 Å². The second-order valence-electron chi connectivity index (χ2n) is 2.14. The third kappa shape index (κ3) is 2.32. The van der Waals surface area contributed by atoms with Gasteiger partial charge in [0.25, 0.3) is 0 Å². The van der Waals surface area contributed by atoms with Crippen LogP contribution in [-0.2, 0) is 0 Å². The van der Waals surface area contributed by atoms with Crippen molar-refractivity contribution in [3.8, 4) is 5.88 Å². The van der Waals surface area contributed by atoms with Gasteiger partial charge in [0.2, 0.25) is 5.88 Å². The van der Waals surface area contributed by atoms with Gasteiger partial charge in [-0.1, -0.05) is 6.08 Å². The number of aromatic nitrogens is 2. The SMILES string of the molecule is COc1ccc(C=CCN)nn1. The third-order valence-corrected chi connectivity index (χ3v) is 1.29. The van der Waals surface area contributed by atoms with Crippen molar-refractivity contribution in [1.29, 1.82) is 0 Å². The molecule has 1 aromatic rings. The summed E-state index contributed by atoms with van der Waals surface area (Å²) < 4.78 is 4.85. The molecule has 4 heteroatoms. The summed E-state index contributed by atoms with van der Waals surface area (Å²) >= 11 is 0. The largest absolute Gasteiger partial charge is 0.480 e. The lowest BCUT2D eigenvalue weighted by Crippen LogP contribution is -1.94. The van der Waals surface area contributed by atoms with Crippen molar-refractivity contribution in [1.82, 2.24) is 10.2 Å². The predicted octanol–water partition coefficient (Wildman–Crippen LogP) is 0.457. The minimum atomic E-state index is 0.508. The van der Waals surface area contributed by atoms with Crippen LogP contribution in [0.1, 0.15) is 5.69 Å². The summed E-state index contributed by atoms with van der Waals surface area (Å²) in [6.45, 7) is 0.508. The van der Waals surface area contributed by atoms with Crippen molar-refractivity contribution in [3.63, 3.8) is 0 Å². The molecule has 64 valence electrons. The first kappa shape index (κ1) is 8.67. The van der Waals surface area contributed by atoms with Crippen LogP contribution in [-0.4, -0.2) is 23.9 Å². The Morgan fingerprint density at radius 3 is 2.83 bits per heavy atom. The van der Waals surface area contributed by atoms with Crippen LogP contribution in [0.5, 0.6) is 5.88 Å². The molecule has 0 saturated heterocycles. The third-order valence-electron chi connectivity index (χ3n) is 1.29. The van der Waals surface area contributed by atoms with E-state index in [4.69, 9.17) is 10.5 Å². The molecule has 0 radical (unpaired) electrons. The van der Waals surface area contributed by atoms with Crippen LogP contribution < -0.4 is 10.5 Å². The molecule has 1 aromatic heterocycles. The van der Waals surface area contributed by atoms with Gasteiger partial charge in [-0.3, -0.25) is 0 Å². The predicted molar refractivity (Wildman–Crippen MR) is 46.7 cm³/mol. The maximum absolute atomic E-state index is 5.27. The van der Waals surface area contributed by atoms with E-state index in [2.05, 4.69) is 10.2 Å². The van der Waals surface area contributed by atoms with Gasteiger partial charge in [-0.2, -0.15) is 0 Å². The number of hydrogen-bond acceptors (Lipinski definition) is 4. The molecule has 0 aromatic carbocycles. The number of methoxy groups -OCH3 is 1. The van der Waals surface area contributed by atoms with E-state index in [-0.39, 0.29) is 0 Å². The number of hydrogen-bond donors (Lipinski definition) is 1. The van der Waals surface area contributed by atoms with Crippen LogP contribution in [0.15, 0.2) is 18.2 Å². The van der Waals surface area contributed by atoms with E-state index in [1.165, 1.54) is 0 Å². The van der Waals surface area contributed by atoms with E-state index in [9.17, 15) is 0 Å². The standard InChI is InChI=1S/C8H11N3O/c1-12-8-5-4-7(10-11-8)3-2-6-9/h2-5H,6,9H2,1H3. The van der Waals surface area contributed by atoms with Gasteiger partial charge < -0.3 is 10.5 Å². The molecule has 0 amide bonds. The van der Waals surface area contributed by atoms with Crippen molar-refractivity contribution in [2.45, 2.75) is 0 Å². The van der Waals surface area contributed by atoms with Crippen LogP contribution in [0.4, 0.5) is 0 Å². The van der Waals surface area contributed by atoms with Gasteiger partial charge in [-0.15, -0.1) is 10.2 Å². The molecule has 2 N–H and O–H groups in total. The van der Waals surface area contributed by atoms with Gasteiger partial charge >= 0.3 is 0 Å². The topological polar surface area (TPSA) is 61.0 Å². The molecule has 1 rings (SSSR count). The zero-order valence-electron chi connectivity index (χ0n) is 6.90. The highest BCUT2D eigenvalue weighted by Crippen LogP contribution is 2.04. The highest BCUT2D eigenvalue weighted by Gasteiger charge is 1.91. The normalized spacial score (nSPS) is 10.5. The molecule has 12 heavy (non-hydrogen) atoms. The molecule has 0 atom stereocenters. The van der Waals surface area contributed by atoms with Crippen molar-refractivity contribution in [2.24, 2.45) is 5.73 Å². The first-order valence-electron chi connectivity index (χ1n) is 3.61. The number of ether oxygens (including phenoxy) is 1. The Bertz CT molecular complexity index is 256. The fourth-order valence-corrected chi connectivity index (χ4v) is 0.717. The second-order valence-corrected chi connectivity index (χ2v) is 2.14. The zero-order chi connectivity index (χ0) is 8.81. The van der Waals surface area contributed by atoms with Crippen LogP contribution >= 0.6 is 0 Å². The summed E-state index contributed by atoms with van der Waals surface area (Å²) in [5.41, 5.74) is 6.05. The highest BCUT2D eigenvalue weighted by atomic mass is 16.5. The smallest absolute Gasteiger partial charge is 0.233 e. The fourth-order valence-electron chi connectivity index (χ4n) is 0.717. The molecule has 0 aliphatic rings. The first-order chi connectivity index (χ1) is 5.86. The molecule has 0 aliphatic carbocycles. The Balaban J connectivity index is 2.71. The molecule has 0 unspecified atom stereocenters. The summed E-state index contributed by atoms with van der Waals surface area (Å²) in [4.78, 5) is 0. The summed E-state index contributed by atoms with van der Waals surface area (Å²) in [5, 5.41) is 7.66. The maximum Gasteiger partial charge on any atom is 0.233 e. The van der Waals surface area contributed by atoms with Gasteiger partial charge in [0.1, 0.15) is 0 Å². The maximum atomic E-state index is 5.27. The molecule has 0 aliphatic heterocycles. The first-order valence-corrected chi connectivity index (χ1v) is 3.61. The molecular formula is C8H11N3O. The lowest BCUT2D eigenvalue weighted by Gasteiger charge is -1.95. The van der Waals surface area contributed by atoms with Crippen molar-refractivity contribution >= 4 is 6.08 Å². The summed E-state index contributed by atoms with van der Waals surface area (Å²) in [6, 6.07) is 3.57. The lowest BCUT2D eigenvalue weighted by molar-refractivity contribution is 0.392. The van der Waals surface area contributed by atoms with Crippen LogP contribution in [0, 0.1) is 0 Å². The summed E-state index contributed by atoms with van der Waals surface area (Å²) in [6.07, 6.45) is 3.63. The van der Waals surface area contributed by atoms with E-state index in [0.29, 0.717) is 12.4 Å². The fraction of sp³-hybridized carbons (Fsp3) is 0.250. The van der Waals surface area contributed by atoms with E-state index >= 15 is 0 Å². The van der Waals surface area contributed by atoms with Gasteiger partial charge in [-0.25, -0.2) is 0 Å².